The number of amides is 2. The molecule has 0 saturated carbocycles. The number of piperidine rings is 1. The second-order valence-electron chi connectivity index (χ2n) is 8.79. The number of nitrogens with zero attached hydrogens (tertiary/aromatic N) is 4. The minimum absolute atomic E-state index is 0.0208. The van der Waals surface area contributed by atoms with E-state index in [0.717, 1.165) is 23.6 Å². The normalized spacial score (nSPS) is 22.3. The molecule has 8 nitrogen and oxygen atoms in total. The highest BCUT2D eigenvalue weighted by atomic mass is 19.1. The first kappa shape index (κ1) is 21.7. The SMILES string of the molecule is Cc1ncc(-c2cc3cc(NC(=O)N4[C@@H]5CC[C@H]4C[C@@H](NC(CF)CF)C5)ncc3cn2)o1. The molecule has 0 aliphatic carbocycles. The summed E-state index contributed by atoms with van der Waals surface area (Å²) in [5, 5.41) is 7.70. The fourth-order valence-corrected chi connectivity index (χ4v) is 5.00. The molecule has 2 aliphatic rings. The van der Waals surface area contributed by atoms with E-state index < -0.39 is 19.4 Å². The first-order valence-corrected chi connectivity index (χ1v) is 11.2. The van der Waals surface area contributed by atoms with Gasteiger partial charge in [0.05, 0.1) is 12.2 Å². The van der Waals surface area contributed by atoms with E-state index in [1.54, 1.807) is 25.5 Å². The van der Waals surface area contributed by atoms with Crippen molar-refractivity contribution in [2.24, 2.45) is 0 Å². The van der Waals surface area contributed by atoms with Crippen LogP contribution < -0.4 is 10.6 Å². The van der Waals surface area contributed by atoms with E-state index in [1.165, 1.54) is 0 Å². The largest absolute Gasteiger partial charge is 0.439 e. The Morgan fingerprint density at radius 2 is 1.82 bits per heavy atom. The molecule has 3 atom stereocenters. The first-order chi connectivity index (χ1) is 16.0. The number of hydrogen-bond acceptors (Lipinski definition) is 6. The fourth-order valence-electron chi connectivity index (χ4n) is 5.00. The highest BCUT2D eigenvalue weighted by Crippen LogP contribution is 2.36. The molecule has 3 aromatic rings. The smallest absolute Gasteiger partial charge is 0.323 e. The molecule has 2 amide bonds. The molecule has 5 rings (SSSR count). The maximum absolute atomic E-state index is 13.1. The number of rotatable bonds is 6. The van der Waals surface area contributed by atoms with Gasteiger partial charge in [0, 0.05) is 42.8 Å². The number of urea groups is 1. The van der Waals surface area contributed by atoms with Crippen LogP contribution in [0.3, 0.4) is 0 Å². The van der Waals surface area contributed by atoms with Crippen molar-refractivity contribution in [1.82, 2.24) is 25.2 Å². The number of nitrogens with one attached hydrogen (secondary N) is 2. The molecule has 2 fully saturated rings. The molecule has 2 saturated heterocycles. The maximum Gasteiger partial charge on any atom is 0.323 e. The number of fused-ring (bicyclic) bond motifs is 3. The van der Waals surface area contributed by atoms with Crippen LogP contribution in [0.25, 0.3) is 22.2 Å². The third-order valence-corrected chi connectivity index (χ3v) is 6.52. The van der Waals surface area contributed by atoms with Crippen molar-refractivity contribution in [3.8, 4) is 11.5 Å². The Morgan fingerprint density at radius 3 is 2.48 bits per heavy atom. The molecule has 0 unspecified atom stereocenters. The first-order valence-electron chi connectivity index (χ1n) is 11.2. The molecule has 0 aromatic carbocycles. The zero-order valence-electron chi connectivity index (χ0n) is 18.3. The Balaban J connectivity index is 1.29. The summed E-state index contributed by atoms with van der Waals surface area (Å²) in [5.41, 5.74) is 0.652. The van der Waals surface area contributed by atoms with Gasteiger partial charge in [-0.1, -0.05) is 0 Å². The zero-order chi connectivity index (χ0) is 22.9. The molecule has 3 aromatic heterocycles. The third kappa shape index (κ3) is 4.39. The lowest BCUT2D eigenvalue weighted by atomic mass is 9.97. The maximum atomic E-state index is 13.1. The predicted molar refractivity (Wildman–Crippen MR) is 119 cm³/mol. The number of carbonyl (C=O) groups excluding carboxylic acids is 1. The number of oxazole rings is 1. The van der Waals surface area contributed by atoms with Gasteiger partial charge in [-0.15, -0.1) is 0 Å². The molecule has 0 spiro atoms. The van der Waals surface area contributed by atoms with Crippen LogP contribution in [0.5, 0.6) is 0 Å². The number of alkyl halides is 2. The van der Waals surface area contributed by atoms with E-state index in [4.69, 9.17) is 4.42 Å². The van der Waals surface area contributed by atoms with Gasteiger partial charge in [-0.25, -0.2) is 23.5 Å². The van der Waals surface area contributed by atoms with Crippen molar-refractivity contribution in [1.29, 1.82) is 0 Å². The second-order valence-corrected chi connectivity index (χ2v) is 8.79. The molecular formula is C23H26F2N6O2. The lowest BCUT2D eigenvalue weighted by molar-refractivity contribution is 0.133. The summed E-state index contributed by atoms with van der Waals surface area (Å²) in [7, 11) is 0. The van der Waals surface area contributed by atoms with Gasteiger partial charge in [-0.2, -0.15) is 0 Å². The average Bonchev–Trinajstić information content (AvgIpc) is 3.37. The molecule has 0 radical (unpaired) electrons. The number of pyridine rings is 2. The number of halogens is 2. The van der Waals surface area contributed by atoms with Crippen LogP contribution in [-0.4, -0.2) is 63.4 Å². The summed E-state index contributed by atoms with van der Waals surface area (Å²) >= 11 is 0. The van der Waals surface area contributed by atoms with Gasteiger partial charge in [0.25, 0.3) is 0 Å². The van der Waals surface area contributed by atoms with E-state index in [2.05, 4.69) is 25.6 Å². The Morgan fingerprint density at radius 1 is 1.09 bits per heavy atom. The summed E-state index contributed by atoms with van der Waals surface area (Å²) in [4.78, 5) is 27.8. The topological polar surface area (TPSA) is 96.2 Å². The number of hydrogen-bond donors (Lipinski definition) is 2. The molecular weight excluding hydrogens is 430 g/mol. The van der Waals surface area contributed by atoms with Gasteiger partial charge < -0.3 is 14.6 Å². The van der Waals surface area contributed by atoms with Gasteiger partial charge in [-0.05, 0) is 43.2 Å². The molecule has 10 heteroatoms. The standard InChI is InChI=1S/C23H26F2N6O2/c1-13-26-12-21(33-13)20-4-14-5-22(28-11-15(14)10-27-20)30-23(32)31-18-2-3-19(31)7-16(6-18)29-17(8-24)9-25/h4-5,10-12,16-19,29H,2-3,6-9H2,1H3,(H,28,30,32)/t16-,18+,19-. The van der Waals surface area contributed by atoms with Gasteiger partial charge in [0.15, 0.2) is 11.7 Å². The molecule has 2 N–H and O–H groups in total. The summed E-state index contributed by atoms with van der Waals surface area (Å²) in [6, 6.07) is 2.84. The second kappa shape index (κ2) is 9.01. The minimum atomic E-state index is -0.767. The summed E-state index contributed by atoms with van der Waals surface area (Å²) in [5.74, 6) is 1.59. The number of carbonyl (C=O) groups is 1. The van der Waals surface area contributed by atoms with Crippen LogP contribution in [0.4, 0.5) is 19.4 Å². The monoisotopic (exact) mass is 456 g/mol. The quantitative estimate of drug-likeness (QED) is 0.582. The van der Waals surface area contributed by atoms with Crippen molar-refractivity contribution in [3.05, 3.63) is 36.6 Å². The molecule has 5 heterocycles. The molecule has 174 valence electrons. The lowest BCUT2D eigenvalue weighted by Crippen LogP contribution is -2.54. The van der Waals surface area contributed by atoms with Gasteiger partial charge in [0.2, 0.25) is 0 Å². The average molecular weight is 456 g/mol. The summed E-state index contributed by atoms with van der Waals surface area (Å²) in [6.45, 7) is 0.315. The molecule has 33 heavy (non-hydrogen) atoms. The highest BCUT2D eigenvalue weighted by molar-refractivity contribution is 5.92. The third-order valence-electron chi connectivity index (χ3n) is 6.52. The number of aryl methyl sites for hydroxylation is 1. The fraction of sp³-hybridized carbons (Fsp3) is 0.478. The predicted octanol–water partition coefficient (Wildman–Crippen LogP) is 4.02. The van der Waals surface area contributed by atoms with E-state index in [-0.39, 0.29) is 24.2 Å². The van der Waals surface area contributed by atoms with Gasteiger partial charge in [-0.3, -0.25) is 10.3 Å². The van der Waals surface area contributed by atoms with Crippen LogP contribution in [0.1, 0.15) is 31.6 Å². The van der Waals surface area contributed by atoms with Crippen LogP contribution in [0, 0.1) is 6.92 Å². The van der Waals surface area contributed by atoms with E-state index >= 15 is 0 Å². The van der Waals surface area contributed by atoms with Gasteiger partial charge in [0.1, 0.15) is 24.9 Å². The van der Waals surface area contributed by atoms with E-state index in [9.17, 15) is 13.6 Å². The Kier molecular flexibility index (Phi) is 5.92. The van der Waals surface area contributed by atoms with Crippen LogP contribution >= 0.6 is 0 Å². The van der Waals surface area contributed by atoms with Crippen molar-refractivity contribution < 1.29 is 18.0 Å². The Labute approximate surface area is 189 Å². The number of aromatic nitrogens is 3. The van der Waals surface area contributed by atoms with Crippen LogP contribution in [-0.2, 0) is 0 Å². The zero-order valence-corrected chi connectivity index (χ0v) is 18.3. The lowest BCUT2D eigenvalue weighted by Gasteiger charge is -2.39. The van der Waals surface area contributed by atoms with Crippen molar-refractivity contribution in [2.45, 2.75) is 56.8 Å². The van der Waals surface area contributed by atoms with Crippen LogP contribution in [0.15, 0.2) is 35.1 Å². The van der Waals surface area contributed by atoms with Crippen molar-refractivity contribution in [3.63, 3.8) is 0 Å². The molecule has 2 bridgehead atoms. The van der Waals surface area contributed by atoms with Crippen LogP contribution in [0.2, 0.25) is 0 Å². The van der Waals surface area contributed by atoms with E-state index in [0.29, 0.717) is 36.0 Å². The summed E-state index contributed by atoms with van der Waals surface area (Å²) in [6.07, 6.45) is 8.18. The minimum Gasteiger partial charge on any atom is -0.439 e. The van der Waals surface area contributed by atoms with Gasteiger partial charge >= 0.3 is 6.03 Å². The van der Waals surface area contributed by atoms with E-state index in [1.807, 2.05) is 17.0 Å². The Bertz CT molecular complexity index is 1140. The molecule has 2 aliphatic heterocycles. The highest BCUT2D eigenvalue weighted by Gasteiger charge is 2.43. The van der Waals surface area contributed by atoms with Crippen molar-refractivity contribution in [2.75, 3.05) is 18.7 Å². The van der Waals surface area contributed by atoms with Crippen molar-refractivity contribution >= 4 is 22.6 Å². The number of anilines is 1. The Hall–Kier alpha value is -3.14. The summed E-state index contributed by atoms with van der Waals surface area (Å²) < 4.78 is 31.4.